The first-order chi connectivity index (χ1) is 17.4. The predicted octanol–water partition coefficient (Wildman–Crippen LogP) is 9.58. The van der Waals surface area contributed by atoms with Gasteiger partial charge in [0.25, 0.3) is 0 Å². The molecule has 0 saturated heterocycles. The van der Waals surface area contributed by atoms with Crippen molar-refractivity contribution in [2.24, 2.45) is 11.8 Å². The normalized spacial score (nSPS) is 23.5. The summed E-state index contributed by atoms with van der Waals surface area (Å²) in [7, 11) is 0. The first-order valence-corrected chi connectivity index (χ1v) is 13.3. The van der Waals surface area contributed by atoms with Crippen molar-refractivity contribution < 1.29 is 0 Å². The van der Waals surface area contributed by atoms with Crippen LogP contribution in [-0.2, 0) is 5.41 Å². The zero-order chi connectivity index (χ0) is 24.9. The third-order valence-electron chi connectivity index (χ3n) is 8.37. The minimum Gasteiger partial charge on any atom is -0.355 e. The minimum atomic E-state index is 0.0369. The van der Waals surface area contributed by atoms with E-state index in [1.165, 1.54) is 33.4 Å². The molecule has 0 radical (unpaired) electrons. The minimum absolute atomic E-state index is 0.0369. The van der Waals surface area contributed by atoms with Gasteiger partial charge in [-0.2, -0.15) is 0 Å². The van der Waals surface area contributed by atoms with Gasteiger partial charge >= 0.3 is 0 Å². The average molecular weight is 470 g/mol. The van der Waals surface area contributed by atoms with Crippen LogP contribution in [0.5, 0.6) is 0 Å². The molecule has 0 amide bonds. The van der Waals surface area contributed by atoms with Crippen LogP contribution in [-0.4, -0.2) is 0 Å². The van der Waals surface area contributed by atoms with Crippen molar-refractivity contribution in [3.8, 4) is 11.1 Å². The summed E-state index contributed by atoms with van der Waals surface area (Å²) in [4.78, 5) is 0. The molecule has 0 aliphatic heterocycles. The molecule has 1 nitrogen and oxygen atoms in total. The predicted molar refractivity (Wildman–Crippen MR) is 155 cm³/mol. The van der Waals surface area contributed by atoms with Crippen LogP contribution in [0.4, 0.5) is 11.4 Å². The number of hydrogen-bond donors (Lipinski definition) is 1. The summed E-state index contributed by atoms with van der Waals surface area (Å²) >= 11 is 0. The molecule has 3 unspecified atom stereocenters. The maximum Gasteiger partial charge on any atom is 0.0470 e. The Bertz CT molecular complexity index is 1430. The van der Waals surface area contributed by atoms with Crippen LogP contribution in [0, 0.1) is 11.8 Å². The molecular weight excluding hydrogens is 434 g/mol. The lowest BCUT2D eigenvalue weighted by molar-refractivity contribution is 0.551. The van der Waals surface area contributed by atoms with Crippen LogP contribution in [0.3, 0.4) is 0 Å². The Labute approximate surface area is 216 Å². The molecule has 0 saturated carbocycles. The second kappa shape index (κ2) is 8.82. The van der Waals surface area contributed by atoms with E-state index >= 15 is 0 Å². The van der Waals surface area contributed by atoms with E-state index < -0.39 is 0 Å². The molecule has 0 heterocycles. The van der Waals surface area contributed by atoms with E-state index in [4.69, 9.17) is 0 Å². The van der Waals surface area contributed by atoms with Gasteiger partial charge in [0.05, 0.1) is 0 Å². The number of hydrogen-bond acceptors (Lipinski definition) is 1. The summed E-state index contributed by atoms with van der Waals surface area (Å²) in [5.41, 5.74) is 11.8. The summed E-state index contributed by atoms with van der Waals surface area (Å²) in [6, 6.07) is 24.6. The van der Waals surface area contributed by atoms with E-state index in [0.717, 1.165) is 17.8 Å². The molecule has 0 spiro atoms. The fourth-order valence-corrected chi connectivity index (χ4v) is 6.28. The molecule has 180 valence electrons. The Morgan fingerprint density at radius 3 is 2.47 bits per heavy atom. The van der Waals surface area contributed by atoms with Crippen LogP contribution in [0.2, 0.25) is 0 Å². The van der Waals surface area contributed by atoms with Gasteiger partial charge < -0.3 is 5.32 Å². The third-order valence-corrected chi connectivity index (χ3v) is 8.37. The Morgan fingerprint density at radius 2 is 1.69 bits per heavy atom. The Hall–Kier alpha value is -3.58. The number of fused-ring (bicyclic) bond motifs is 3. The molecule has 1 heteroatoms. The molecule has 1 N–H and O–H groups in total. The third kappa shape index (κ3) is 3.88. The van der Waals surface area contributed by atoms with Crippen LogP contribution in [0.15, 0.2) is 109 Å². The number of allylic oxidation sites excluding steroid dienone is 8. The zero-order valence-electron chi connectivity index (χ0n) is 21.8. The number of nitrogens with one attached hydrogen (secondary N) is 1. The Balaban J connectivity index is 1.41. The van der Waals surface area contributed by atoms with Gasteiger partial charge in [0.15, 0.2) is 0 Å². The van der Waals surface area contributed by atoms with E-state index in [2.05, 4.69) is 136 Å². The van der Waals surface area contributed by atoms with Gasteiger partial charge in [-0.25, -0.2) is 0 Å². The van der Waals surface area contributed by atoms with E-state index in [9.17, 15) is 0 Å². The van der Waals surface area contributed by atoms with Gasteiger partial charge in [-0.15, -0.1) is 0 Å². The van der Waals surface area contributed by atoms with Crippen LogP contribution < -0.4 is 5.32 Å². The van der Waals surface area contributed by atoms with E-state index in [-0.39, 0.29) is 5.41 Å². The molecule has 3 atom stereocenters. The summed E-state index contributed by atoms with van der Waals surface area (Å²) in [5.74, 6) is 1.64. The average Bonchev–Trinajstić information content (AvgIpc) is 3.12. The summed E-state index contributed by atoms with van der Waals surface area (Å²) in [5, 5.41) is 3.83. The highest BCUT2D eigenvalue weighted by Gasteiger charge is 2.43. The van der Waals surface area contributed by atoms with Crippen molar-refractivity contribution in [2.45, 2.75) is 45.4 Å². The molecule has 6 rings (SSSR count). The quantitative estimate of drug-likeness (QED) is 0.401. The van der Waals surface area contributed by atoms with E-state index in [0.29, 0.717) is 17.8 Å². The zero-order valence-corrected chi connectivity index (χ0v) is 21.8. The molecule has 3 aliphatic carbocycles. The molecule has 0 bridgehead atoms. The number of rotatable bonds is 4. The Kier molecular flexibility index (Phi) is 5.60. The van der Waals surface area contributed by atoms with Crippen LogP contribution in [0.1, 0.15) is 56.7 Å². The van der Waals surface area contributed by atoms with Gasteiger partial charge in [-0.1, -0.05) is 118 Å². The molecular formula is C35H35N. The van der Waals surface area contributed by atoms with Gasteiger partial charge in [0, 0.05) is 28.3 Å². The fourth-order valence-electron chi connectivity index (χ4n) is 6.28. The standard InChI is InChI=1S/C35H35N/c1-23-13-15-25(16-14-23)27-17-19-29(26-10-6-5-7-11-26)33(21-27)36-28-18-20-30-32(22-28)35(3,4)31-12-8-9-24(2)34(30)31/h5-13,15-24,34,36H,14H2,1-4H3. The highest BCUT2D eigenvalue weighted by molar-refractivity contribution is 5.86. The van der Waals surface area contributed by atoms with Gasteiger partial charge in [0.2, 0.25) is 0 Å². The van der Waals surface area contributed by atoms with E-state index in [1.54, 1.807) is 5.57 Å². The monoisotopic (exact) mass is 469 g/mol. The summed E-state index contributed by atoms with van der Waals surface area (Å²) in [6.45, 7) is 9.38. The highest BCUT2D eigenvalue weighted by atomic mass is 14.9. The second-order valence-corrected chi connectivity index (χ2v) is 11.3. The highest BCUT2D eigenvalue weighted by Crippen LogP contribution is 2.55. The van der Waals surface area contributed by atoms with Gasteiger partial charge in [-0.3, -0.25) is 0 Å². The van der Waals surface area contributed by atoms with Crippen molar-refractivity contribution in [1.82, 2.24) is 0 Å². The first kappa shape index (κ1) is 22.9. The van der Waals surface area contributed by atoms with Crippen molar-refractivity contribution in [3.05, 3.63) is 125 Å². The first-order valence-electron chi connectivity index (χ1n) is 13.3. The maximum atomic E-state index is 3.83. The largest absolute Gasteiger partial charge is 0.355 e. The summed E-state index contributed by atoms with van der Waals surface area (Å²) < 4.78 is 0. The van der Waals surface area contributed by atoms with Gasteiger partial charge in [0.1, 0.15) is 0 Å². The fraction of sp³-hybridized carbons (Fsp3) is 0.257. The van der Waals surface area contributed by atoms with Crippen molar-refractivity contribution in [1.29, 1.82) is 0 Å². The van der Waals surface area contributed by atoms with Crippen molar-refractivity contribution >= 4 is 16.9 Å². The summed E-state index contributed by atoms with van der Waals surface area (Å²) in [6.07, 6.45) is 15.0. The second-order valence-electron chi connectivity index (χ2n) is 11.3. The topological polar surface area (TPSA) is 12.0 Å². The maximum absolute atomic E-state index is 3.83. The molecule has 0 aromatic heterocycles. The Morgan fingerprint density at radius 1 is 0.861 bits per heavy atom. The van der Waals surface area contributed by atoms with Crippen molar-refractivity contribution in [2.75, 3.05) is 5.32 Å². The smallest absolute Gasteiger partial charge is 0.0470 e. The van der Waals surface area contributed by atoms with Crippen molar-refractivity contribution in [3.63, 3.8) is 0 Å². The molecule has 3 aromatic carbocycles. The lowest BCUT2D eigenvalue weighted by Gasteiger charge is -2.28. The number of benzene rings is 3. The molecule has 0 fully saturated rings. The lowest BCUT2D eigenvalue weighted by atomic mass is 9.76. The SMILES string of the molecule is CC1C=CC(c2ccc(-c3ccccc3)c(Nc3ccc4c(c3)C(C)(C)C3=CC=CC(C)C34)c2)=CC1. The van der Waals surface area contributed by atoms with E-state index in [1.807, 2.05) is 0 Å². The molecule has 3 aromatic rings. The van der Waals surface area contributed by atoms with Crippen LogP contribution in [0.25, 0.3) is 16.7 Å². The molecule has 3 aliphatic rings. The van der Waals surface area contributed by atoms with Crippen LogP contribution >= 0.6 is 0 Å². The lowest BCUT2D eigenvalue weighted by Crippen LogP contribution is -2.19. The number of anilines is 2. The van der Waals surface area contributed by atoms with Gasteiger partial charge in [-0.05, 0) is 64.3 Å². The molecule has 36 heavy (non-hydrogen) atoms.